The molecule has 0 saturated heterocycles. The Labute approximate surface area is 340 Å². The number of anilines is 3. The van der Waals surface area contributed by atoms with E-state index in [-0.39, 0.29) is 5.41 Å². The van der Waals surface area contributed by atoms with Crippen molar-refractivity contribution in [1.82, 2.24) is 4.57 Å². The Morgan fingerprint density at radius 3 is 1.72 bits per heavy atom. The van der Waals surface area contributed by atoms with Crippen LogP contribution in [0.25, 0.3) is 71.6 Å². The molecule has 0 radical (unpaired) electrons. The normalized spacial score (nSPS) is 11.7. The molecule has 10 aromatic rings. The van der Waals surface area contributed by atoms with E-state index in [0.29, 0.717) is 0 Å². The third kappa shape index (κ3) is 6.15. The van der Waals surface area contributed by atoms with Gasteiger partial charge in [-0.2, -0.15) is 0 Å². The topological polar surface area (TPSA) is 8.17 Å². The van der Waals surface area contributed by atoms with Crippen LogP contribution in [0.15, 0.2) is 212 Å². The standard InChI is InChI=1S/C56H44N2/c1-56(2,3)42-34-36-44(37-35-42)57(51-31-12-10-26-48(51)49-30-16-21-40-20-15-28-46(54(40)49)39-18-6-4-7-19-39)45-25-14-22-41(38-45)47-29-17-33-53-55(47)50-27-11-13-32-52(50)58(53)43-23-8-5-9-24-43/h4-38H,1-3H3. The van der Waals surface area contributed by atoms with Gasteiger partial charge in [-0.15, -0.1) is 0 Å². The number of aromatic nitrogens is 1. The first-order valence-corrected chi connectivity index (χ1v) is 20.2. The SMILES string of the molecule is CC(C)(C)c1ccc(N(c2cccc(-c3cccc4c3c3ccccc3n4-c3ccccc3)c2)c2ccccc2-c2cccc3cccc(-c4ccccc4)c23)cc1. The number of para-hydroxylation sites is 3. The summed E-state index contributed by atoms with van der Waals surface area (Å²) >= 11 is 0. The van der Waals surface area contributed by atoms with Crippen molar-refractivity contribution >= 4 is 49.6 Å². The largest absolute Gasteiger partial charge is 0.310 e. The molecule has 0 unspecified atom stereocenters. The van der Waals surface area contributed by atoms with Gasteiger partial charge in [-0.3, -0.25) is 0 Å². The molecule has 278 valence electrons. The lowest BCUT2D eigenvalue weighted by molar-refractivity contribution is 0.590. The summed E-state index contributed by atoms with van der Waals surface area (Å²) in [5.41, 5.74) is 15.4. The van der Waals surface area contributed by atoms with Crippen molar-refractivity contribution in [2.24, 2.45) is 0 Å². The highest BCUT2D eigenvalue weighted by Crippen LogP contribution is 2.46. The first-order chi connectivity index (χ1) is 28.4. The van der Waals surface area contributed by atoms with E-state index in [1.54, 1.807) is 0 Å². The Morgan fingerprint density at radius 1 is 0.397 bits per heavy atom. The average molecular weight is 745 g/mol. The van der Waals surface area contributed by atoms with Gasteiger partial charge in [-0.05, 0) is 104 Å². The van der Waals surface area contributed by atoms with Gasteiger partial charge in [0.1, 0.15) is 0 Å². The summed E-state index contributed by atoms with van der Waals surface area (Å²) in [5.74, 6) is 0. The Kier molecular flexibility index (Phi) is 8.76. The maximum atomic E-state index is 2.45. The third-order valence-electron chi connectivity index (χ3n) is 11.5. The molecular weight excluding hydrogens is 701 g/mol. The second-order valence-corrected chi connectivity index (χ2v) is 16.2. The second-order valence-electron chi connectivity index (χ2n) is 16.2. The van der Waals surface area contributed by atoms with Gasteiger partial charge >= 0.3 is 0 Å². The van der Waals surface area contributed by atoms with E-state index < -0.39 is 0 Å². The quantitative estimate of drug-likeness (QED) is 0.158. The summed E-state index contributed by atoms with van der Waals surface area (Å²) in [6.45, 7) is 6.83. The first kappa shape index (κ1) is 35.3. The third-order valence-corrected chi connectivity index (χ3v) is 11.5. The number of benzene rings is 9. The summed E-state index contributed by atoms with van der Waals surface area (Å²) in [5, 5.41) is 4.97. The molecule has 58 heavy (non-hydrogen) atoms. The number of hydrogen-bond acceptors (Lipinski definition) is 1. The zero-order chi connectivity index (χ0) is 39.2. The van der Waals surface area contributed by atoms with Crippen LogP contribution >= 0.6 is 0 Å². The molecule has 10 rings (SSSR count). The molecule has 0 aliphatic carbocycles. The molecule has 0 N–H and O–H groups in total. The molecule has 0 spiro atoms. The Hall–Kier alpha value is -7.16. The highest BCUT2D eigenvalue weighted by molar-refractivity contribution is 6.16. The minimum absolute atomic E-state index is 0.0373. The molecule has 0 amide bonds. The Morgan fingerprint density at radius 2 is 0.966 bits per heavy atom. The molecule has 9 aromatic carbocycles. The fourth-order valence-corrected chi connectivity index (χ4v) is 8.79. The molecule has 0 aliphatic heterocycles. The summed E-state index contributed by atoms with van der Waals surface area (Å²) < 4.78 is 2.39. The van der Waals surface area contributed by atoms with Gasteiger partial charge in [-0.25, -0.2) is 0 Å². The van der Waals surface area contributed by atoms with E-state index in [2.05, 4.69) is 243 Å². The maximum Gasteiger partial charge on any atom is 0.0547 e. The van der Waals surface area contributed by atoms with Gasteiger partial charge in [0.05, 0.1) is 16.7 Å². The molecule has 0 atom stereocenters. The predicted molar refractivity (Wildman–Crippen MR) is 248 cm³/mol. The maximum absolute atomic E-state index is 2.45. The van der Waals surface area contributed by atoms with Crippen LogP contribution in [0.4, 0.5) is 17.1 Å². The molecule has 1 heterocycles. The molecule has 0 bridgehead atoms. The Bertz CT molecular complexity index is 3070. The van der Waals surface area contributed by atoms with Crippen molar-refractivity contribution < 1.29 is 0 Å². The van der Waals surface area contributed by atoms with Crippen LogP contribution in [0.1, 0.15) is 26.3 Å². The van der Waals surface area contributed by atoms with Crippen LogP contribution in [0.2, 0.25) is 0 Å². The van der Waals surface area contributed by atoms with Crippen molar-refractivity contribution in [3.63, 3.8) is 0 Å². The number of rotatable bonds is 7. The van der Waals surface area contributed by atoms with Gasteiger partial charge in [0, 0.05) is 33.4 Å². The lowest BCUT2D eigenvalue weighted by Gasteiger charge is -2.29. The smallest absolute Gasteiger partial charge is 0.0547 e. The van der Waals surface area contributed by atoms with Crippen LogP contribution in [-0.4, -0.2) is 4.57 Å². The predicted octanol–water partition coefficient (Wildman–Crippen LogP) is 15.7. The van der Waals surface area contributed by atoms with Gasteiger partial charge in [-0.1, -0.05) is 178 Å². The van der Waals surface area contributed by atoms with Gasteiger partial charge in [0.15, 0.2) is 0 Å². The number of hydrogen-bond donors (Lipinski definition) is 0. The highest BCUT2D eigenvalue weighted by Gasteiger charge is 2.22. The second kappa shape index (κ2) is 14.4. The monoisotopic (exact) mass is 744 g/mol. The molecule has 1 aromatic heterocycles. The van der Waals surface area contributed by atoms with E-state index in [9.17, 15) is 0 Å². The van der Waals surface area contributed by atoms with Crippen LogP contribution in [0.3, 0.4) is 0 Å². The summed E-state index contributed by atoms with van der Waals surface area (Å²) in [6.07, 6.45) is 0. The molecule has 0 aliphatic rings. The first-order valence-electron chi connectivity index (χ1n) is 20.2. The summed E-state index contributed by atoms with van der Waals surface area (Å²) in [6, 6.07) is 77.5. The molecule has 2 nitrogen and oxygen atoms in total. The molecule has 0 saturated carbocycles. The van der Waals surface area contributed by atoms with Crippen LogP contribution < -0.4 is 4.90 Å². The molecular formula is C56H44N2. The minimum atomic E-state index is 0.0373. The zero-order valence-corrected chi connectivity index (χ0v) is 33.1. The lowest BCUT2D eigenvalue weighted by atomic mass is 9.87. The van der Waals surface area contributed by atoms with E-state index in [1.165, 1.54) is 71.5 Å². The number of fused-ring (bicyclic) bond motifs is 4. The van der Waals surface area contributed by atoms with Crippen LogP contribution in [-0.2, 0) is 5.41 Å². The molecule has 0 fully saturated rings. The number of nitrogens with zero attached hydrogens (tertiary/aromatic N) is 2. The van der Waals surface area contributed by atoms with Crippen LogP contribution in [0.5, 0.6) is 0 Å². The molecule has 2 heteroatoms. The summed E-state index contributed by atoms with van der Waals surface area (Å²) in [4.78, 5) is 2.45. The van der Waals surface area contributed by atoms with Crippen molar-refractivity contribution in [1.29, 1.82) is 0 Å². The van der Waals surface area contributed by atoms with Crippen molar-refractivity contribution in [2.45, 2.75) is 26.2 Å². The van der Waals surface area contributed by atoms with E-state index >= 15 is 0 Å². The van der Waals surface area contributed by atoms with Gasteiger partial charge in [0.2, 0.25) is 0 Å². The minimum Gasteiger partial charge on any atom is -0.310 e. The lowest BCUT2D eigenvalue weighted by Crippen LogP contribution is -2.14. The van der Waals surface area contributed by atoms with E-state index in [1.807, 2.05) is 0 Å². The van der Waals surface area contributed by atoms with E-state index in [0.717, 1.165) is 22.7 Å². The van der Waals surface area contributed by atoms with Crippen LogP contribution in [0, 0.1) is 0 Å². The summed E-state index contributed by atoms with van der Waals surface area (Å²) in [7, 11) is 0. The Balaban J connectivity index is 1.20. The highest BCUT2D eigenvalue weighted by atomic mass is 15.1. The van der Waals surface area contributed by atoms with Crippen molar-refractivity contribution in [2.75, 3.05) is 4.90 Å². The zero-order valence-electron chi connectivity index (χ0n) is 33.1. The fraction of sp³-hybridized carbons (Fsp3) is 0.0714. The van der Waals surface area contributed by atoms with Gasteiger partial charge < -0.3 is 9.47 Å². The van der Waals surface area contributed by atoms with Crippen molar-refractivity contribution in [3.05, 3.63) is 218 Å². The fourth-order valence-electron chi connectivity index (χ4n) is 8.79. The van der Waals surface area contributed by atoms with Gasteiger partial charge in [0.25, 0.3) is 0 Å². The van der Waals surface area contributed by atoms with Crippen molar-refractivity contribution in [3.8, 4) is 39.1 Å². The van der Waals surface area contributed by atoms with E-state index in [4.69, 9.17) is 0 Å². The average Bonchev–Trinajstić information content (AvgIpc) is 3.61.